The minimum absolute atomic E-state index is 0.105. The first kappa shape index (κ1) is 66.3. The molecule has 0 N–H and O–H groups in total. The van der Waals surface area contributed by atoms with E-state index in [1.807, 2.05) is 0 Å². The molecule has 1 atom stereocenters. The monoisotopic (exact) mass is 973 g/mol. The molecule has 0 aromatic rings. The van der Waals surface area contributed by atoms with E-state index in [1.54, 1.807) is 0 Å². The molecule has 0 amide bonds. The number of carbonyl (C=O) groups excluding carboxylic acids is 3. The summed E-state index contributed by atoms with van der Waals surface area (Å²) in [6.07, 6.45) is 76.9. The maximum absolute atomic E-state index is 12.8. The summed E-state index contributed by atoms with van der Waals surface area (Å²) in [5.74, 6) is -0.972. The minimum Gasteiger partial charge on any atom is -0.462 e. The topological polar surface area (TPSA) is 78.9 Å². The lowest BCUT2D eigenvalue weighted by Gasteiger charge is -2.18. The average Bonchev–Trinajstić information content (AvgIpc) is 3.36. The van der Waals surface area contributed by atoms with Crippen molar-refractivity contribution >= 4 is 17.9 Å². The van der Waals surface area contributed by atoms with E-state index >= 15 is 0 Å². The van der Waals surface area contributed by atoms with Crippen molar-refractivity contribution in [3.8, 4) is 0 Å². The molecule has 0 rings (SSSR count). The van der Waals surface area contributed by atoms with E-state index in [0.717, 1.165) is 96.3 Å². The van der Waals surface area contributed by atoms with Gasteiger partial charge in [0.25, 0.3) is 0 Å². The van der Waals surface area contributed by atoms with Crippen LogP contribution in [0.5, 0.6) is 0 Å². The Bertz CT molecular complexity index is 1400. The average molecular weight is 974 g/mol. The van der Waals surface area contributed by atoms with Crippen molar-refractivity contribution in [1.29, 1.82) is 0 Å². The van der Waals surface area contributed by atoms with E-state index in [0.29, 0.717) is 19.3 Å². The number of carbonyl (C=O) groups is 3. The molecule has 0 aromatic carbocycles. The molecule has 0 spiro atoms. The van der Waals surface area contributed by atoms with Gasteiger partial charge in [0.1, 0.15) is 13.2 Å². The number of esters is 3. The third-order valence-electron chi connectivity index (χ3n) is 12.3. The number of hydrogen-bond acceptors (Lipinski definition) is 6. The van der Waals surface area contributed by atoms with E-state index in [9.17, 15) is 14.4 Å². The summed E-state index contributed by atoms with van der Waals surface area (Å²) < 4.78 is 16.8. The summed E-state index contributed by atoms with van der Waals surface area (Å²) in [6.45, 7) is 6.45. The third-order valence-corrected chi connectivity index (χ3v) is 12.3. The van der Waals surface area contributed by atoms with Gasteiger partial charge in [0, 0.05) is 19.3 Å². The fourth-order valence-electron chi connectivity index (χ4n) is 7.91. The van der Waals surface area contributed by atoms with Gasteiger partial charge >= 0.3 is 17.9 Å². The van der Waals surface area contributed by atoms with E-state index in [-0.39, 0.29) is 37.5 Å². The number of ether oxygens (including phenoxy) is 3. The van der Waals surface area contributed by atoms with Crippen LogP contribution in [0.3, 0.4) is 0 Å². The van der Waals surface area contributed by atoms with Gasteiger partial charge in [-0.15, -0.1) is 0 Å². The van der Waals surface area contributed by atoms with Crippen molar-refractivity contribution < 1.29 is 28.6 Å². The largest absolute Gasteiger partial charge is 0.462 e. The van der Waals surface area contributed by atoms with Gasteiger partial charge in [-0.25, -0.2) is 0 Å². The van der Waals surface area contributed by atoms with Crippen LogP contribution < -0.4 is 0 Å². The predicted octanol–water partition coefficient (Wildman–Crippen LogP) is 19.7. The molecule has 0 saturated heterocycles. The van der Waals surface area contributed by atoms with Gasteiger partial charge in [-0.05, 0) is 116 Å². The van der Waals surface area contributed by atoms with Gasteiger partial charge in [0.2, 0.25) is 0 Å². The predicted molar refractivity (Wildman–Crippen MR) is 302 cm³/mol. The van der Waals surface area contributed by atoms with Crippen LogP contribution in [0.15, 0.2) is 97.2 Å². The highest BCUT2D eigenvalue weighted by Crippen LogP contribution is 2.14. The number of hydrogen-bond donors (Lipinski definition) is 0. The zero-order chi connectivity index (χ0) is 50.7. The van der Waals surface area contributed by atoms with Crippen LogP contribution in [-0.2, 0) is 28.6 Å². The zero-order valence-electron chi connectivity index (χ0n) is 45.8. The number of allylic oxidation sites excluding steroid dienone is 16. The first-order valence-corrected chi connectivity index (χ1v) is 29.2. The Labute approximate surface area is 432 Å². The van der Waals surface area contributed by atoms with Crippen LogP contribution in [0.4, 0.5) is 0 Å². The third kappa shape index (κ3) is 55.3. The summed E-state index contributed by atoms with van der Waals surface area (Å²) in [5.41, 5.74) is 0. The van der Waals surface area contributed by atoms with E-state index in [2.05, 4.69) is 118 Å². The molecular formula is C64H108O6. The number of rotatable bonds is 52. The molecule has 0 fully saturated rings. The molecule has 0 bridgehead atoms. The summed E-state index contributed by atoms with van der Waals surface area (Å²) in [4.78, 5) is 38.2. The van der Waals surface area contributed by atoms with Crippen molar-refractivity contribution in [3.63, 3.8) is 0 Å². The summed E-state index contributed by atoms with van der Waals surface area (Å²) in [7, 11) is 0. The van der Waals surface area contributed by atoms with Crippen molar-refractivity contribution in [3.05, 3.63) is 97.2 Å². The highest BCUT2D eigenvalue weighted by Gasteiger charge is 2.19. The van der Waals surface area contributed by atoms with Gasteiger partial charge in [-0.3, -0.25) is 14.4 Å². The molecule has 0 aliphatic heterocycles. The lowest BCUT2D eigenvalue weighted by molar-refractivity contribution is -0.167. The van der Waals surface area contributed by atoms with Crippen LogP contribution in [0, 0.1) is 0 Å². The molecule has 0 aromatic heterocycles. The molecule has 0 radical (unpaired) electrons. The quantitative estimate of drug-likeness (QED) is 0.0262. The molecule has 0 unspecified atom stereocenters. The van der Waals surface area contributed by atoms with Crippen LogP contribution >= 0.6 is 0 Å². The van der Waals surface area contributed by atoms with Gasteiger partial charge < -0.3 is 14.2 Å². The minimum atomic E-state index is -0.814. The van der Waals surface area contributed by atoms with Gasteiger partial charge in [-0.2, -0.15) is 0 Å². The first-order chi connectivity index (χ1) is 34.5. The SMILES string of the molecule is CC/C=C\C/C=C\C/C=C\C/C=C\C/C=C\CCCC(=O)O[C@H](COC(=O)CCCCCCC/C=C\CCCCCCCCC)COC(=O)CCCCCCCCCCC/C=C\C/C=C\CCCCC. The van der Waals surface area contributed by atoms with Gasteiger partial charge in [-0.1, -0.05) is 234 Å². The van der Waals surface area contributed by atoms with E-state index < -0.39 is 6.10 Å². The first-order valence-electron chi connectivity index (χ1n) is 29.2. The van der Waals surface area contributed by atoms with Crippen LogP contribution in [0.2, 0.25) is 0 Å². The molecule has 0 aliphatic carbocycles. The summed E-state index contributed by atoms with van der Waals surface area (Å²) >= 11 is 0. The molecule has 0 heterocycles. The van der Waals surface area contributed by atoms with Crippen molar-refractivity contribution in [2.75, 3.05) is 13.2 Å². The summed E-state index contributed by atoms with van der Waals surface area (Å²) in [5, 5.41) is 0. The lowest BCUT2D eigenvalue weighted by Crippen LogP contribution is -2.30. The molecule has 6 heteroatoms. The second kappa shape index (κ2) is 57.9. The Morgan fingerprint density at radius 3 is 0.957 bits per heavy atom. The Hall–Kier alpha value is -3.67. The summed E-state index contributed by atoms with van der Waals surface area (Å²) in [6, 6.07) is 0. The van der Waals surface area contributed by atoms with Crippen LogP contribution in [0.1, 0.15) is 271 Å². The van der Waals surface area contributed by atoms with Crippen molar-refractivity contribution in [1.82, 2.24) is 0 Å². The smallest absolute Gasteiger partial charge is 0.306 e. The van der Waals surface area contributed by atoms with Crippen molar-refractivity contribution in [2.45, 2.75) is 277 Å². The van der Waals surface area contributed by atoms with Crippen LogP contribution in [0.25, 0.3) is 0 Å². The maximum Gasteiger partial charge on any atom is 0.306 e. The molecule has 6 nitrogen and oxygen atoms in total. The van der Waals surface area contributed by atoms with Gasteiger partial charge in [0.15, 0.2) is 6.10 Å². The second-order valence-electron chi connectivity index (χ2n) is 19.2. The van der Waals surface area contributed by atoms with E-state index in [1.165, 1.54) is 128 Å². The second-order valence-corrected chi connectivity index (χ2v) is 19.2. The highest BCUT2D eigenvalue weighted by molar-refractivity contribution is 5.71. The Balaban J connectivity index is 4.48. The molecule has 0 saturated carbocycles. The maximum atomic E-state index is 12.8. The fourth-order valence-corrected chi connectivity index (χ4v) is 7.91. The lowest BCUT2D eigenvalue weighted by atomic mass is 10.1. The highest BCUT2D eigenvalue weighted by atomic mass is 16.6. The Kier molecular flexibility index (Phi) is 54.9. The molecule has 400 valence electrons. The zero-order valence-corrected chi connectivity index (χ0v) is 45.8. The Morgan fingerprint density at radius 2 is 0.571 bits per heavy atom. The number of unbranched alkanes of at least 4 members (excludes halogenated alkanes) is 25. The fraction of sp³-hybridized carbons (Fsp3) is 0.703. The van der Waals surface area contributed by atoms with E-state index in [4.69, 9.17) is 14.2 Å². The molecular weight excluding hydrogens is 865 g/mol. The molecule has 70 heavy (non-hydrogen) atoms. The van der Waals surface area contributed by atoms with Crippen molar-refractivity contribution in [2.24, 2.45) is 0 Å². The van der Waals surface area contributed by atoms with Crippen LogP contribution in [-0.4, -0.2) is 37.2 Å². The molecule has 0 aliphatic rings. The normalized spacial score (nSPS) is 12.8. The van der Waals surface area contributed by atoms with Gasteiger partial charge in [0.05, 0.1) is 0 Å². The Morgan fingerprint density at radius 1 is 0.300 bits per heavy atom. The standard InChI is InChI=1S/C64H108O6/c1-4-7-10-13-16-19-22-25-28-31-32-34-36-39-42-45-48-51-54-57-63(66)69-60-61(59-68-62(65)56-53-50-47-44-41-38-35-30-27-24-21-18-15-12-9-6-3)70-64(67)58-55-52-49-46-43-40-37-33-29-26-23-20-17-14-11-8-5-2/h8,11,16-17,19-20,25-26,28-30,35,37,40,46,49,61H,4-7,9-10,12-15,18,21-24,27,31-34,36,38-39,41-45,47-48,50-60H2,1-3H3/b11-8-,19-16-,20-17-,28-25-,29-26-,35-30-,40-37-,49-46-/t61-/m1/s1.